The van der Waals surface area contributed by atoms with Crippen LogP contribution in [0.2, 0.25) is 0 Å². The minimum Gasteiger partial charge on any atom is -0.489 e. The molecule has 0 aliphatic carbocycles. The topological polar surface area (TPSA) is 44.5 Å². The molecule has 0 saturated heterocycles. The molecular formula is C9H11F2NO2. The van der Waals surface area contributed by atoms with Crippen LogP contribution in [0.25, 0.3) is 0 Å². The van der Waals surface area contributed by atoms with Crippen LogP contribution in [-0.2, 0) is 4.74 Å². The summed E-state index contributed by atoms with van der Waals surface area (Å²) in [5, 5.41) is 0. The molecule has 14 heavy (non-hydrogen) atoms. The largest absolute Gasteiger partial charge is 0.489 e. The van der Waals surface area contributed by atoms with Crippen LogP contribution in [0.3, 0.4) is 0 Å². The molecule has 0 radical (unpaired) electrons. The van der Waals surface area contributed by atoms with E-state index in [0.717, 1.165) is 6.07 Å². The van der Waals surface area contributed by atoms with Gasteiger partial charge < -0.3 is 15.2 Å². The first kappa shape index (κ1) is 10.7. The molecule has 0 spiro atoms. The Bertz CT molecular complexity index is 318. The van der Waals surface area contributed by atoms with Gasteiger partial charge in [0, 0.05) is 19.2 Å². The number of benzene rings is 1. The summed E-state index contributed by atoms with van der Waals surface area (Å²) in [5.41, 5.74) is 5.13. The van der Waals surface area contributed by atoms with Crippen LogP contribution in [0.4, 0.5) is 14.5 Å². The molecular weight excluding hydrogens is 192 g/mol. The molecule has 1 aromatic carbocycles. The van der Waals surface area contributed by atoms with Gasteiger partial charge in [0.25, 0.3) is 0 Å². The highest BCUT2D eigenvalue weighted by molar-refractivity contribution is 5.53. The van der Waals surface area contributed by atoms with Gasteiger partial charge in [-0.3, -0.25) is 0 Å². The van der Waals surface area contributed by atoms with Crippen LogP contribution in [0.15, 0.2) is 12.1 Å². The smallest absolute Gasteiger partial charge is 0.152 e. The minimum atomic E-state index is -0.822. The molecule has 0 aliphatic heterocycles. The fourth-order valence-corrected chi connectivity index (χ4v) is 0.916. The quantitative estimate of drug-likeness (QED) is 0.596. The second-order valence-corrected chi connectivity index (χ2v) is 2.64. The third-order valence-corrected chi connectivity index (χ3v) is 1.60. The highest BCUT2D eigenvalue weighted by Crippen LogP contribution is 2.25. The van der Waals surface area contributed by atoms with Crippen LogP contribution in [0, 0.1) is 11.6 Å². The van der Waals surface area contributed by atoms with E-state index in [2.05, 4.69) is 0 Å². The fraction of sp³-hybridized carbons (Fsp3) is 0.333. The summed E-state index contributed by atoms with van der Waals surface area (Å²) in [7, 11) is 1.50. The molecule has 0 fully saturated rings. The molecule has 0 amide bonds. The van der Waals surface area contributed by atoms with Crippen molar-refractivity contribution in [3.63, 3.8) is 0 Å². The van der Waals surface area contributed by atoms with Crippen molar-refractivity contribution in [1.29, 1.82) is 0 Å². The zero-order valence-corrected chi connectivity index (χ0v) is 7.72. The first-order valence-electron chi connectivity index (χ1n) is 4.01. The molecule has 0 bridgehead atoms. The van der Waals surface area contributed by atoms with Gasteiger partial charge in [-0.25, -0.2) is 8.78 Å². The number of anilines is 1. The van der Waals surface area contributed by atoms with E-state index in [4.69, 9.17) is 15.2 Å². The first-order chi connectivity index (χ1) is 6.65. The molecule has 78 valence electrons. The van der Waals surface area contributed by atoms with Crippen LogP contribution >= 0.6 is 0 Å². The molecule has 1 rings (SSSR count). The maximum Gasteiger partial charge on any atom is 0.152 e. The monoisotopic (exact) mass is 203 g/mol. The van der Waals surface area contributed by atoms with Crippen molar-refractivity contribution in [2.75, 3.05) is 26.1 Å². The second kappa shape index (κ2) is 4.76. The summed E-state index contributed by atoms with van der Waals surface area (Å²) >= 11 is 0. The Balaban J connectivity index is 2.75. The summed E-state index contributed by atoms with van der Waals surface area (Å²) in [6, 6.07) is 1.74. The molecule has 1 aromatic rings. The highest BCUT2D eigenvalue weighted by atomic mass is 19.1. The molecule has 0 heterocycles. The number of methoxy groups -OCH3 is 1. The summed E-state index contributed by atoms with van der Waals surface area (Å²) in [5.74, 6) is -1.54. The van der Waals surface area contributed by atoms with E-state index in [1.807, 2.05) is 0 Å². The molecule has 0 unspecified atom stereocenters. The molecule has 3 nitrogen and oxygen atoms in total. The standard InChI is InChI=1S/C9H11F2NO2/c1-13-2-3-14-8-5-6(10)4-7(11)9(8)12/h4-5H,2-3,12H2,1H3. The Morgan fingerprint density at radius 3 is 2.64 bits per heavy atom. The van der Waals surface area contributed by atoms with Crippen molar-refractivity contribution in [1.82, 2.24) is 0 Å². The number of ether oxygens (including phenoxy) is 2. The second-order valence-electron chi connectivity index (χ2n) is 2.64. The number of halogens is 2. The van der Waals surface area contributed by atoms with Crippen molar-refractivity contribution in [2.24, 2.45) is 0 Å². The summed E-state index contributed by atoms with van der Waals surface area (Å²) in [6.07, 6.45) is 0. The number of nitrogen functional groups attached to an aromatic ring is 1. The highest BCUT2D eigenvalue weighted by Gasteiger charge is 2.08. The third kappa shape index (κ3) is 2.56. The van der Waals surface area contributed by atoms with Gasteiger partial charge in [0.05, 0.1) is 6.61 Å². The third-order valence-electron chi connectivity index (χ3n) is 1.60. The zero-order chi connectivity index (χ0) is 10.6. The van der Waals surface area contributed by atoms with E-state index in [9.17, 15) is 8.78 Å². The summed E-state index contributed by atoms with van der Waals surface area (Å²) in [4.78, 5) is 0. The molecule has 0 aliphatic rings. The van der Waals surface area contributed by atoms with Crippen LogP contribution in [0.5, 0.6) is 5.75 Å². The first-order valence-corrected chi connectivity index (χ1v) is 4.01. The molecule has 5 heteroatoms. The zero-order valence-electron chi connectivity index (χ0n) is 7.72. The summed E-state index contributed by atoms with van der Waals surface area (Å²) in [6.45, 7) is 0.529. The minimum absolute atomic E-state index is 0.000417. The molecule has 0 aromatic heterocycles. The normalized spacial score (nSPS) is 10.2. The predicted octanol–water partition coefficient (Wildman–Crippen LogP) is 1.57. The van der Waals surface area contributed by atoms with Crippen molar-refractivity contribution >= 4 is 5.69 Å². The average Bonchev–Trinajstić information content (AvgIpc) is 2.13. The Hall–Kier alpha value is -1.36. The Morgan fingerprint density at radius 2 is 2.00 bits per heavy atom. The van der Waals surface area contributed by atoms with E-state index in [0.29, 0.717) is 12.7 Å². The van der Waals surface area contributed by atoms with E-state index < -0.39 is 11.6 Å². The van der Waals surface area contributed by atoms with E-state index in [-0.39, 0.29) is 18.0 Å². The van der Waals surface area contributed by atoms with Crippen LogP contribution in [-0.4, -0.2) is 20.3 Å². The number of nitrogens with two attached hydrogens (primary N) is 1. The van der Waals surface area contributed by atoms with Gasteiger partial charge in [-0.2, -0.15) is 0 Å². The van der Waals surface area contributed by atoms with E-state index in [1.165, 1.54) is 7.11 Å². The van der Waals surface area contributed by atoms with Gasteiger partial charge in [-0.1, -0.05) is 0 Å². The van der Waals surface area contributed by atoms with Crippen molar-refractivity contribution in [2.45, 2.75) is 0 Å². The lowest BCUT2D eigenvalue weighted by atomic mass is 10.3. The number of hydrogen-bond donors (Lipinski definition) is 1. The Kier molecular flexibility index (Phi) is 3.64. The lowest BCUT2D eigenvalue weighted by Gasteiger charge is -2.08. The lowest BCUT2D eigenvalue weighted by molar-refractivity contribution is 0.146. The van der Waals surface area contributed by atoms with Crippen LogP contribution in [0.1, 0.15) is 0 Å². The molecule has 0 saturated carbocycles. The maximum absolute atomic E-state index is 12.9. The summed E-state index contributed by atoms with van der Waals surface area (Å²) < 4.78 is 35.3. The van der Waals surface area contributed by atoms with Gasteiger partial charge in [0.15, 0.2) is 5.82 Å². The number of rotatable bonds is 4. The molecule has 2 N–H and O–H groups in total. The van der Waals surface area contributed by atoms with Gasteiger partial charge in [0.2, 0.25) is 0 Å². The average molecular weight is 203 g/mol. The van der Waals surface area contributed by atoms with Gasteiger partial charge in [0.1, 0.15) is 23.9 Å². The number of hydrogen-bond acceptors (Lipinski definition) is 3. The van der Waals surface area contributed by atoms with Crippen molar-refractivity contribution in [3.05, 3.63) is 23.8 Å². The van der Waals surface area contributed by atoms with Crippen molar-refractivity contribution in [3.8, 4) is 5.75 Å². The molecule has 0 atom stereocenters. The predicted molar refractivity (Wildman–Crippen MR) is 48.1 cm³/mol. The maximum atomic E-state index is 12.9. The van der Waals surface area contributed by atoms with Gasteiger partial charge in [-0.15, -0.1) is 0 Å². The Labute approximate surface area is 80.4 Å². The lowest BCUT2D eigenvalue weighted by Crippen LogP contribution is -2.07. The fourth-order valence-electron chi connectivity index (χ4n) is 0.916. The van der Waals surface area contributed by atoms with E-state index in [1.54, 1.807) is 0 Å². The van der Waals surface area contributed by atoms with Crippen LogP contribution < -0.4 is 10.5 Å². The van der Waals surface area contributed by atoms with Gasteiger partial charge in [-0.05, 0) is 0 Å². The van der Waals surface area contributed by atoms with Crippen molar-refractivity contribution < 1.29 is 18.3 Å². The SMILES string of the molecule is COCCOc1cc(F)cc(F)c1N. The Morgan fingerprint density at radius 1 is 1.29 bits per heavy atom. The van der Waals surface area contributed by atoms with Gasteiger partial charge >= 0.3 is 0 Å². The van der Waals surface area contributed by atoms with E-state index >= 15 is 0 Å².